The lowest BCUT2D eigenvalue weighted by atomic mass is 10.0. The first-order chi connectivity index (χ1) is 9.91. The van der Waals surface area contributed by atoms with Gasteiger partial charge >= 0.3 is 0 Å². The van der Waals surface area contributed by atoms with Gasteiger partial charge in [0.2, 0.25) is 0 Å². The molecule has 0 aliphatic rings. The van der Waals surface area contributed by atoms with E-state index in [9.17, 15) is 0 Å². The molecule has 0 rings (SSSR count). The van der Waals surface area contributed by atoms with E-state index in [1.165, 1.54) is 77.0 Å². The Morgan fingerprint density at radius 3 is 1.75 bits per heavy atom. The predicted octanol–water partition coefficient (Wildman–Crippen LogP) is 5.89. The Morgan fingerprint density at radius 2 is 1.25 bits per heavy atom. The summed E-state index contributed by atoms with van der Waals surface area (Å²) in [6.07, 6.45) is 26.8. The summed E-state index contributed by atoms with van der Waals surface area (Å²) in [4.78, 5) is 0. The van der Waals surface area contributed by atoms with Crippen LogP contribution in [0.2, 0.25) is 0 Å². The predicted molar refractivity (Wildman–Crippen MR) is 89.9 cm³/mol. The van der Waals surface area contributed by atoms with Gasteiger partial charge in [-0.25, -0.2) is 0 Å². The van der Waals surface area contributed by atoms with Gasteiger partial charge in [-0.15, -0.1) is 12.3 Å². The number of methoxy groups -OCH3 is 1. The summed E-state index contributed by atoms with van der Waals surface area (Å²) >= 11 is 0. The molecule has 0 radical (unpaired) electrons. The van der Waals surface area contributed by atoms with E-state index in [1.807, 2.05) is 0 Å². The normalized spacial score (nSPS) is 11.0. The number of terminal acetylenes is 1. The summed E-state index contributed by atoms with van der Waals surface area (Å²) < 4.78 is 4.97. The van der Waals surface area contributed by atoms with Gasteiger partial charge in [-0.2, -0.15) is 0 Å². The Bertz CT molecular complexity index is 237. The van der Waals surface area contributed by atoms with Crippen molar-refractivity contribution in [1.82, 2.24) is 0 Å². The van der Waals surface area contributed by atoms with Crippen molar-refractivity contribution in [3.63, 3.8) is 0 Å². The monoisotopic (exact) mass is 278 g/mol. The van der Waals surface area contributed by atoms with Crippen molar-refractivity contribution in [2.24, 2.45) is 0 Å². The number of unbranched alkanes of at least 4 members (excludes halogenated alkanes) is 12. The number of hydrogen-bond donors (Lipinski definition) is 0. The molecule has 0 aromatic heterocycles. The van der Waals surface area contributed by atoms with E-state index in [2.05, 4.69) is 18.1 Å². The molecule has 0 N–H and O–H groups in total. The molecule has 0 spiro atoms. The molecule has 0 aliphatic carbocycles. The SMILES string of the molecule is C#CCCCCCCCCCCCCC/C=C/COC. The van der Waals surface area contributed by atoms with Gasteiger partial charge in [0.15, 0.2) is 0 Å². The summed E-state index contributed by atoms with van der Waals surface area (Å²) in [6.45, 7) is 0.753. The Morgan fingerprint density at radius 1 is 0.750 bits per heavy atom. The third kappa shape index (κ3) is 17.3. The van der Waals surface area contributed by atoms with E-state index in [4.69, 9.17) is 11.2 Å². The Balaban J connectivity index is 2.98. The molecule has 0 saturated carbocycles. The number of rotatable bonds is 15. The van der Waals surface area contributed by atoms with E-state index in [1.54, 1.807) is 7.11 Å². The molecule has 1 nitrogen and oxygen atoms in total. The lowest BCUT2D eigenvalue weighted by molar-refractivity contribution is 0.233. The molecule has 1 heteroatoms. The Labute approximate surface area is 127 Å². The maximum Gasteiger partial charge on any atom is 0.0643 e. The average molecular weight is 278 g/mol. The quantitative estimate of drug-likeness (QED) is 0.206. The van der Waals surface area contributed by atoms with Crippen molar-refractivity contribution in [2.75, 3.05) is 13.7 Å². The zero-order valence-electron chi connectivity index (χ0n) is 13.5. The Kier molecular flexibility index (Phi) is 17.6. The fourth-order valence-electron chi connectivity index (χ4n) is 2.36. The summed E-state index contributed by atoms with van der Waals surface area (Å²) in [6, 6.07) is 0. The molecule has 0 unspecified atom stereocenters. The van der Waals surface area contributed by atoms with E-state index >= 15 is 0 Å². The number of allylic oxidation sites excluding steroid dienone is 1. The fraction of sp³-hybridized carbons (Fsp3) is 0.789. The summed E-state index contributed by atoms with van der Waals surface area (Å²) in [5.41, 5.74) is 0. The van der Waals surface area contributed by atoms with E-state index in [0.717, 1.165) is 13.0 Å². The molecule has 0 atom stereocenters. The van der Waals surface area contributed by atoms with E-state index in [0.29, 0.717) is 0 Å². The third-order valence-corrected chi connectivity index (χ3v) is 3.62. The molecule has 116 valence electrons. The fourth-order valence-corrected chi connectivity index (χ4v) is 2.36. The van der Waals surface area contributed by atoms with Crippen molar-refractivity contribution in [1.29, 1.82) is 0 Å². The van der Waals surface area contributed by atoms with Crippen molar-refractivity contribution in [3.8, 4) is 12.3 Å². The maximum atomic E-state index is 5.23. The highest BCUT2D eigenvalue weighted by Crippen LogP contribution is 2.12. The molecule has 0 heterocycles. The standard InChI is InChI=1S/C19H34O/c1-3-4-5-6-7-8-9-10-11-12-13-14-15-16-17-18-19-20-2/h1,17-18H,4-16,19H2,2H3/b18-17+. The second kappa shape index (κ2) is 18.3. The van der Waals surface area contributed by atoms with Crippen LogP contribution in [0.15, 0.2) is 12.2 Å². The number of hydrogen-bond acceptors (Lipinski definition) is 1. The molecule has 0 bridgehead atoms. The van der Waals surface area contributed by atoms with Crippen LogP contribution in [-0.4, -0.2) is 13.7 Å². The van der Waals surface area contributed by atoms with E-state index < -0.39 is 0 Å². The molecule has 0 aromatic carbocycles. The van der Waals surface area contributed by atoms with Crippen LogP contribution in [0, 0.1) is 12.3 Å². The van der Waals surface area contributed by atoms with Gasteiger partial charge in [0.1, 0.15) is 0 Å². The topological polar surface area (TPSA) is 9.23 Å². The molecule has 0 aliphatic heterocycles. The second-order valence-corrected chi connectivity index (χ2v) is 5.56. The van der Waals surface area contributed by atoms with Crippen molar-refractivity contribution in [3.05, 3.63) is 12.2 Å². The zero-order valence-corrected chi connectivity index (χ0v) is 13.5. The van der Waals surface area contributed by atoms with Crippen molar-refractivity contribution < 1.29 is 4.74 Å². The maximum absolute atomic E-state index is 5.23. The molecule has 0 fully saturated rings. The molecule has 0 saturated heterocycles. The largest absolute Gasteiger partial charge is 0.381 e. The lowest BCUT2D eigenvalue weighted by Gasteiger charge is -2.02. The van der Waals surface area contributed by atoms with E-state index in [-0.39, 0.29) is 0 Å². The second-order valence-electron chi connectivity index (χ2n) is 5.56. The van der Waals surface area contributed by atoms with Gasteiger partial charge < -0.3 is 4.74 Å². The molecule has 0 aromatic rings. The number of ether oxygens (including phenoxy) is 1. The van der Waals surface area contributed by atoms with Crippen molar-refractivity contribution >= 4 is 0 Å². The minimum atomic E-state index is 0.753. The van der Waals surface area contributed by atoms with Crippen LogP contribution in [-0.2, 0) is 4.74 Å². The first kappa shape index (κ1) is 19.3. The van der Waals surface area contributed by atoms with Crippen LogP contribution in [0.5, 0.6) is 0 Å². The summed E-state index contributed by atoms with van der Waals surface area (Å²) in [7, 11) is 1.74. The molecular weight excluding hydrogens is 244 g/mol. The lowest BCUT2D eigenvalue weighted by Crippen LogP contribution is -1.83. The highest BCUT2D eigenvalue weighted by atomic mass is 16.5. The average Bonchev–Trinajstić information content (AvgIpc) is 2.47. The van der Waals surface area contributed by atoms with Crippen LogP contribution in [0.25, 0.3) is 0 Å². The van der Waals surface area contributed by atoms with Crippen LogP contribution >= 0.6 is 0 Å². The minimum Gasteiger partial charge on any atom is -0.381 e. The van der Waals surface area contributed by atoms with Gasteiger partial charge in [0.05, 0.1) is 6.61 Å². The Hall–Kier alpha value is -0.740. The van der Waals surface area contributed by atoms with Gasteiger partial charge in [0, 0.05) is 13.5 Å². The van der Waals surface area contributed by atoms with Crippen LogP contribution in [0.3, 0.4) is 0 Å². The van der Waals surface area contributed by atoms with Crippen molar-refractivity contribution in [2.45, 2.75) is 83.5 Å². The van der Waals surface area contributed by atoms with Crippen LogP contribution in [0.1, 0.15) is 83.5 Å². The minimum absolute atomic E-state index is 0.753. The van der Waals surface area contributed by atoms with Gasteiger partial charge in [0.25, 0.3) is 0 Å². The molecular formula is C19H34O. The summed E-state index contributed by atoms with van der Waals surface area (Å²) in [5, 5.41) is 0. The molecule has 20 heavy (non-hydrogen) atoms. The van der Waals surface area contributed by atoms with Crippen LogP contribution < -0.4 is 0 Å². The van der Waals surface area contributed by atoms with Gasteiger partial charge in [-0.1, -0.05) is 69.9 Å². The zero-order chi connectivity index (χ0) is 14.7. The first-order valence-electron chi connectivity index (χ1n) is 8.49. The highest BCUT2D eigenvalue weighted by molar-refractivity contribution is 4.82. The third-order valence-electron chi connectivity index (χ3n) is 3.62. The van der Waals surface area contributed by atoms with Crippen LogP contribution in [0.4, 0.5) is 0 Å². The van der Waals surface area contributed by atoms with Gasteiger partial charge in [-0.05, 0) is 19.3 Å². The summed E-state index contributed by atoms with van der Waals surface area (Å²) in [5.74, 6) is 2.71. The molecule has 0 amide bonds. The highest BCUT2D eigenvalue weighted by Gasteiger charge is 1.93. The smallest absolute Gasteiger partial charge is 0.0643 e. The van der Waals surface area contributed by atoms with Gasteiger partial charge in [-0.3, -0.25) is 0 Å². The first-order valence-corrected chi connectivity index (χ1v) is 8.49.